The summed E-state index contributed by atoms with van der Waals surface area (Å²) in [5, 5.41) is 8.87. The molecule has 96 valence electrons. The van der Waals surface area contributed by atoms with Crippen molar-refractivity contribution in [2.24, 2.45) is 0 Å². The van der Waals surface area contributed by atoms with Crippen LogP contribution in [-0.4, -0.2) is 19.1 Å². The van der Waals surface area contributed by atoms with Crippen molar-refractivity contribution in [3.63, 3.8) is 0 Å². The fraction of sp³-hybridized carbons (Fsp3) is 0.400. The molecule has 1 N–H and O–H groups in total. The highest BCUT2D eigenvalue weighted by molar-refractivity contribution is 6.83. The molecule has 0 amide bonds. The van der Waals surface area contributed by atoms with E-state index in [-0.39, 0.29) is 6.42 Å². The Morgan fingerprint density at radius 3 is 2.11 bits per heavy atom. The smallest absolute Gasteiger partial charge is 0.307 e. The molecular formula is C15H20O2Si. The van der Waals surface area contributed by atoms with Gasteiger partial charge < -0.3 is 5.11 Å². The number of rotatable bonds is 2. The molecule has 0 saturated heterocycles. The van der Waals surface area contributed by atoms with E-state index in [1.807, 2.05) is 26.0 Å². The van der Waals surface area contributed by atoms with E-state index in [1.54, 1.807) is 0 Å². The molecule has 0 heterocycles. The average molecular weight is 260 g/mol. The van der Waals surface area contributed by atoms with Crippen molar-refractivity contribution in [2.75, 3.05) is 0 Å². The monoisotopic (exact) mass is 260 g/mol. The van der Waals surface area contributed by atoms with Gasteiger partial charge in [0.25, 0.3) is 0 Å². The molecule has 0 saturated carbocycles. The molecule has 0 radical (unpaired) electrons. The van der Waals surface area contributed by atoms with Crippen LogP contribution >= 0.6 is 0 Å². The van der Waals surface area contributed by atoms with Crippen LogP contribution in [0, 0.1) is 25.3 Å². The summed E-state index contributed by atoms with van der Waals surface area (Å²) in [6.07, 6.45) is 0.0827. The van der Waals surface area contributed by atoms with Crippen molar-refractivity contribution in [1.82, 2.24) is 0 Å². The lowest BCUT2D eigenvalue weighted by Crippen LogP contribution is -2.16. The van der Waals surface area contributed by atoms with Crippen LogP contribution in [0.4, 0.5) is 0 Å². The number of carbonyl (C=O) groups is 1. The van der Waals surface area contributed by atoms with Gasteiger partial charge in [0, 0.05) is 5.56 Å². The fourth-order valence-electron chi connectivity index (χ4n) is 1.76. The number of hydrogen-bond donors (Lipinski definition) is 1. The predicted molar refractivity (Wildman–Crippen MR) is 77.5 cm³/mol. The first kappa shape index (κ1) is 14.5. The molecule has 1 aromatic rings. The average Bonchev–Trinajstić information content (AvgIpc) is 2.19. The van der Waals surface area contributed by atoms with Gasteiger partial charge in [0.05, 0.1) is 6.42 Å². The third-order valence-corrected chi connectivity index (χ3v) is 3.48. The van der Waals surface area contributed by atoms with Gasteiger partial charge in [-0.15, -0.1) is 5.54 Å². The first-order chi connectivity index (χ1) is 8.19. The summed E-state index contributed by atoms with van der Waals surface area (Å²) in [6, 6.07) is 3.97. The Morgan fingerprint density at radius 1 is 1.22 bits per heavy atom. The van der Waals surface area contributed by atoms with Crippen LogP contribution in [0.1, 0.15) is 22.3 Å². The topological polar surface area (TPSA) is 37.3 Å². The van der Waals surface area contributed by atoms with Gasteiger partial charge in [0.2, 0.25) is 0 Å². The third kappa shape index (κ3) is 4.38. The number of hydrogen-bond acceptors (Lipinski definition) is 1. The van der Waals surface area contributed by atoms with Crippen molar-refractivity contribution in [3.8, 4) is 11.5 Å². The van der Waals surface area contributed by atoms with Crippen molar-refractivity contribution >= 4 is 14.0 Å². The summed E-state index contributed by atoms with van der Waals surface area (Å²) in [7, 11) is -1.37. The zero-order valence-electron chi connectivity index (χ0n) is 11.7. The molecule has 3 heteroatoms. The Balaban J connectivity index is 3.13. The quantitative estimate of drug-likeness (QED) is 0.655. The van der Waals surface area contributed by atoms with Crippen LogP contribution in [0.25, 0.3) is 0 Å². The summed E-state index contributed by atoms with van der Waals surface area (Å²) in [5.74, 6) is 2.42. The second-order valence-corrected chi connectivity index (χ2v) is 10.4. The summed E-state index contributed by atoms with van der Waals surface area (Å²) >= 11 is 0. The van der Waals surface area contributed by atoms with Gasteiger partial charge in [0.1, 0.15) is 8.07 Å². The maximum Gasteiger partial charge on any atom is 0.307 e. The minimum Gasteiger partial charge on any atom is -0.481 e. The lowest BCUT2D eigenvalue weighted by molar-refractivity contribution is -0.136. The number of carboxylic acid groups (broad SMARTS) is 1. The van der Waals surface area contributed by atoms with Crippen LogP contribution in [0.5, 0.6) is 0 Å². The second kappa shape index (κ2) is 5.41. The van der Waals surface area contributed by atoms with Crippen LogP contribution in [0.2, 0.25) is 19.6 Å². The molecule has 18 heavy (non-hydrogen) atoms. The molecule has 0 aliphatic carbocycles. The normalized spacial score (nSPS) is 10.7. The molecule has 0 atom stereocenters. The Kier molecular flexibility index (Phi) is 4.36. The molecule has 1 aromatic carbocycles. The first-order valence-corrected chi connectivity index (χ1v) is 9.54. The highest BCUT2D eigenvalue weighted by Crippen LogP contribution is 2.17. The number of aliphatic carboxylic acids is 1. The van der Waals surface area contributed by atoms with Crippen LogP contribution in [0.15, 0.2) is 12.1 Å². The standard InChI is InChI=1S/C15H20O2Si/c1-11-8-13(6-7-18(3,4)5)9-12(2)14(11)10-15(16)17/h8-9H,10H2,1-5H3,(H,16,17). The van der Waals surface area contributed by atoms with Crippen molar-refractivity contribution in [2.45, 2.75) is 39.9 Å². The second-order valence-electron chi connectivity index (χ2n) is 5.66. The molecule has 0 bridgehead atoms. The molecule has 0 spiro atoms. The lowest BCUT2D eigenvalue weighted by Gasteiger charge is -2.09. The van der Waals surface area contributed by atoms with E-state index in [9.17, 15) is 4.79 Å². The highest BCUT2D eigenvalue weighted by atomic mass is 28.3. The number of aryl methyl sites for hydroxylation is 2. The van der Waals surface area contributed by atoms with Gasteiger partial charge in [-0.3, -0.25) is 4.79 Å². The molecule has 0 aliphatic rings. The van der Waals surface area contributed by atoms with Crippen LogP contribution in [-0.2, 0) is 11.2 Å². The van der Waals surface area contributed by atoms with Gasteiger partial charge in [-0.1, -0.05) is 25.6 Å². The zero-order chi connectivity index (χ0) is 13.9. The summed E-state index contributed by atoms with van der Waals surface area (Å²) in [4.78, 5) is 10.8. The lowest BCUT2D eigenvalue weighted by atomic mass is 9.97. The van der Waals surface area contributed by atoms with Gasteiger partial charge in [-0.25, -0.2) is 0 Å². The minimum absolute atomic E-state index is 0.0827. The Bertz CT molecular complexity index is 505. The zero-order valence-corrected chi connectivity index (χ0v) is 12.7. The van der Waals surface area contributed by atoms with Crippen molar-refractivity contribution in [1.29, 1.82) is 0 Å². The Labute approximate surface area is 110 Å². The molecule has 0 fully saturated rings. The molecule has 0 aliphatic heterocycles. The first-order valence-electron chi connectivity index (χ1n) is 6.04. The SMILES string of the molecule is Cc1cc(C#C[Si](C)(C)C)cc(C)c1CC(=O)O. The van der Waals surface area contributed by atoms with Crippen molar-refractivity contribution in [3.05, 3.63) is 34.4 Å². The highest BCUT2D eigenvalue weighted by Gasteiger charge is 2.10. The van der Waals surface area contributed by atoms with Crippen LogP contribution < -0.4 is 0 Å². The van der Waals surface area contributed by atoms with E-state index in [1.165, 1.54) is 0 Å². The minimum atomic E-state index is -1.37. The van der Waals surface area contributed by atoms with Gasteiger partial charge in [0.15, 0.2) is 0 Å². The maximum absolute atomic E-state index is 10.8. The largest absolute Gasteiger partial charge is 0.481 e. The Morgan fingerprint density at radius 2 is 1.72 bits per heavy atom. The van der Waals surface area contributed by atoms with Gasteiger partial charge in [-0.2, -0.15) is 0 Å². The molecule has 1 rings (SSSR count). The summed E-state index contributed by atoms with van der Waals surface area (Å²) < 4.78 is 0. The summed E-state index contributed by atoms with van der Waals surface area (Å²) in [5.41, 5.74) is 7.24. The maximum atomic E-state index is 10.8. The molecular weight excluding hydrogens is 240 g/mol. The van der Waals surface area contributed by atoms with Crippen LogP contribution in [0.3, 0.4) is 0 Å². The van der Waals surface area contributed by atoms with E-state index in [0.29, 0.717) is 0 Å². The van der Waals surface area contributed by atoms with E-state index < -0.39 is 14.0 Å². The molecule has 0 aromatic heterocycles. The van der Waals surface area contributed by atoms with E-state index in [4.69, 9.17) is 5.11 Å². The van der Waals surface area contributed by atoms with E-state index >= 15 is 0 Å². The molecule has 0 unspecified atom stereocenters. The molecule has 2 nitrogen and oxygen atoms in total. The number of carboxylic acids is 1. The van der Waals surface area contributed by atoms with Gasteiger partial charge >= 0.3 is 5.97 Å². The summed E-state index contributed by atoms with van der Waals surface area (Å²) in [6.45, 7) is 10.5. The predicted octanol–water partition coefficient (Wildman–Crippen LogP) is 3.16. The third-order valence-electron chi connectivity index (χ3n) is 2.61. The number of benzene rings is 1. The van der Waals surface area contributed by atoms with Crippen molar-refractivity contribution < 1.29 is 9.90 Å². The van der Waals surface area contributed by atoms with E-state index in [2.05, 4.69) is 31.1 Å². The Hall–Kier alpha value is -1.53. The fourth-order valence-corrected chi connectivity index (χ4v) is 2.27. The van der Waals surface area contributed by atoms with Gasteiger partial charge in [-0.05, 0) is 42.7 Å². The van der Waals surface area contributed by atoms with E-state index in [0.717, 1.165) is 22.3 Å².